The van der Waals surface area contributed by atoms with Crippen LogP contribution in [0.5, 0.6) is 0 Å². The first kappa shape index (κ1) is 16.2. The Bertz CT molecular complexity index is 486. The Hall–Kier alpha value is -1.88. The van der Waals surface area contributed by atoms with Crippen LogP contribution in [0.4, 0.5) is 0 Å². The fourth-order valence-electron chi connectivity index (χ4n) is 1.83. The molecular formula is C15H22N2O3. The number of amides is 2. The normalized spacial score (nSPS) is 10.2. The molecule has 2 N–H and O–H groups in total. The van der Waals surface area contributed by atoms with Gasteiger partial charge in [-0.25, -0.2) is 0 Å². The van der Waals surface area contributed by atoms with Crippen molar-refractivity contribution in [3.8, 4) is 0 Å². The number of aliphatic hydroxyl groups excluding tert-OH is 1. The van der Waals surface area contributed by atoms with Gasteiger partial charge in [0.2, 0.25) is 5.91 Å². The molecule has 0 atom stereocenters. The number of hydrogen-bond donors (Lipinski definition) is 2. The molecule has 5 nitrogen and oxygen atoms in total. The molecule has 0 spiro atoms. The molecule has 20 heavy (non-hydrogen) atoms. The highest BCUT2D eigenvalue weighted by molar-refractivity contribution is 5.96. The molecule has 5 heteroatoms. The maximum absolute atomic E-state index is 12.0. The Kier molecular flexibility index (Phi) is 6.18. The number of likely N-dealkylation sites (N-methyl/N-ethyl adjacent to an activating group) is 1. The average Bonchev–Trinajstić information content (AvgIpc) is 2.44. The molecule has 1 aromatic rings. The fraction of sp³-hybridized carbons (Fsp3) is 0.467. The highest BCUT2D eigenvalue weighted by Gasteiger charge is 2.13. The van der Waals surface area contributed by atoms with Crippen molar-refractivity contribution in [2.24, 2.45) is 0 Å². The Morgan fingerprint density at radius 1 is 1.25 bits per heavy atom. The lowest BCUT2D eigenvalue weighted by molar-refractivity contribution is -0.130. The molecular weight excluding hydrogens is 256 g/mol. The summed E-state index contributed by atoms with van der Waals surface area (Å²) in [5.74, 6) is -0.458. The van der Waals surface area contributed by atoms with Gasteiger partial charge in [0.15, 0.2) is 0 Å². The summed E-state index contributed by atoms with van der Waals surface area (Å²) in [4.78, 5) is 25.3. The van der Waals surface area contributed by atoms with Crippen molar-refractivity contribution in [2.45, 2.75) is 20.8 Å². The summed E-state index contributed by atoms with van der Waals surface area (Å²) in [5.41, 5.74) is 2.71. The quantitative estimate of drug-likeness (QED) is 0.811. The molecule has 0 saturated carbocycles. The van der Waals surface area contributed by atoms with Gasteiger partial charge >= 0.3 is 0 Å². The van der Waals surface area contributed by atoms with Gasteiger partial charge in [0.05, 0.1) is 13.2 Å². The molecule has 2 amide bonds. The van der Waals surface area contributed by atoms with E-state index in [0.29, 0.717) is 12.1 Å². The minimum Gasteiger partial charge on any atom is -0.395 e. The average molecular weight is 278 g/mol. The predicted octanol–water partition coefficient (Wildman–Crippen LogP) is 0.874. The molecule has 0 radical (unpaired) electrons. The summed E-state index contributed by atoms with van der Waals surface area (Å²) in [6.07, 6.45) is 0. The smallest absolute Gasteiger partial charge is 0.251 e. The second kappa shape index (κ2) is 7.65. The molecule has 0 fully saturated rings. The number of rotatable bonds is 6. The zero-order valence-corrected chi connectivity index (χ0v) is 12.3. The number of nitrogens with zero attached hydrogens (tertiary/aromatic N) is 1. The molecule has 0 aliphatic carbocycles. The Morgan fingerprint density at radius 3 is 2.50 bits per heavy atom. The van der Waals surface area contributed by atoms with Crippen LogP contribution in [-0.4, -0.2) is 48.1 Å². The van der Waals surface area contributed by atoms with E-state index in [0.717, 1.165) is 11.1 Å². The minimum atomic E-state index is -0.262. The SMILES string of the molecule is CCN(CCO)C(=O)CNC(=O)c1ccc(C)c(C)c1. The first-order chi connectivity index (χ1) is 9.49. The summed E-state index contributed by atoms with van der Waals surface area (Å²) >= 11 is 0. The predicted molar refractivity (Wildman–Crippen MR) is 77.6 cm³/mol. The van der Waals surface area contributed by atoms with E-state index in [1.807, 2.05) is 26.8 Å². The van der Waals surface area contributed by atoms with Gasteiger partial charge < -0.3 is 15.3 Å². The largest absolute Gasteiger partial charge is 0.395 e. The number of carbonyl (C=O) groups is 2. The van der Waals surface area contributed by atoms with Crippen molar-refractivity contribution in [2.75, 3.05) is 26.2 Å². The second-order valence-electron chi connectivity index (χ2n) is 4.68. The van der Waals surface area contributed by atoms with Gasteiger partial charge in [-0.05, 0) is 44.0 Å². The molecule has 0 saturated heterocycles. The third kappa shape index (κ3) is 4.35. The monoisotopic (exact) mass is 278 g/mol. The van der Waals surface area contributed by atoms with E-state index in [4.69, 9.17) is 5.11 Å². The maximum Gasteiger partial charge on any atom is 0.251 e. The van der Waals surface area contributed by atoms with E-state index in [2.05, 4.69) is 5.32 Å². The Balaban J connectivity index is 2.58. The van der Waals surface area contributed by atoms with Crippen LogP contribution in [0.3, 0.4) is 0 Å². The van der Waals surface area contributed by atoms with Gasteiger partial charge in [0.25, 0.3) is 5.91 Å². The maximum atomic E-state index is 12.0. The first-order valence-electron chi connectivity index (χ1n) is 6.73. The van der Waals surface area contributed by atoms with Crippen molar-refractivity contribution < 1.29 is 14.7 Å². The molecule has 0 aliphatic rings. The van der Waals surface area contributed by atoms with E-state index in [1.54, 1.807) is 12.1 Å². The van der Waals surface area contributed by atoms with E-state index in [1.165, 1.54) is 4.90 Å². The molecule has 0 aromatic heterocycles. The lowest BCUT2D eigenvalue weighted by atomic mass is 10.1. The van der Waals surface area contributed by atoms with Crippen molar-refractivity contribution in [3.05, 3.63) is 34.9 Å². The van der Waals surface area contributed by atoms with Gasteiger partial charge in [0.1, 0.15) is 0 Å². The number of carbonyl (C=O) groups excluding carboxylic acids is 2. The molecule has 0 aliphatic heterocycles. The summed E-state index contributed by atoms with van der Waals surface area (Å²) < 4.78 is 0. The van der Waals surface area contributed by atoms with Crippen LogP contribution in [-0.2, 0) is 4.79 Å². The third-order valence-corrected chi connectivity index (χ3v) is 3.27. The molecule has 110 valence electrons. The van der Waals surface area contributed by atoms with Crippen LogP contribution in [0, 0.1) is 13.8 Å². The first-order valence-corrected chi connectivity index (χ1v) is 6.73. The Labute approximate surface area is 119 Å². The van der Waals surface area contributed by atoms with Crippen LogP contribution in [0.25, 0.3) is 0 Å². The third-order valence-electron chi connectivity index (χ3n) is 3.27. The van der Waals surface area contributed by atoms with Gasteiger partial charge in [0, 0.05) is 18.7 Å². The molecule has 0 heterocycles. The summed E-state index contributed by atoms with van der Waals surface area (Å²) in [7, 11) is 0. The molecule has 0 unspecified atom stereocenters. The number of aliphatic hydroxyl groups is 1. The number of benzene rings is 1. The van der Waals surface area contributed by atoms with Crippen LogP contribution < -0.4 is 5.32 Å². The summed E-state index contributed by atoms with van der Waals surface area (Å²) in [6.45, 7) is 6.42. The fourth-order valence-corrected chi connectivity index (χ4v) is 1.83. The van der Waals surface area contributed by atoms with Crippen LogP contribution >= 0.6 is 0 Å². The highest BCUT2D eigenvalue weighted by atomic mass is 16.3. The minimum absolute atomic E-state index is 0.0560. The summed E-state index contributed by atoms with van der Waals surface area (Å²) in [5, 5.41) is 11.5. The zero-order chi connectivity index (χ0) is 15.1. The molecule has 1 aromatic carbocycles. The molecule has 1 rings (SSSR count). The Morgan fingerprint density at radius 2 is 1.95 bits per heavy atom. The lowest BCUT2D eigenvalue weighted by Crippen LogP contribution is -2.41. The van der Waals surface area contributed by atoms with E-state index in [9.17, 15) is 9.59 Å². The standard InChI is InChI=1S/C15H22N2O3/c1-4-17(7-8-18)14(19)10-16-15(20)13-6-5-11(2)12(3)9-13/h5-6,9,18H,4,7-8,10H2,1-3H3,(H,16,20). The van der Waals surface area contributed by atoms with Crippen molar-refractivity contribution in [3.63, 3.8) is 0 Å². The van der Waals surface area contributed by atoms with Crippen LogP contribution in [0.15, 0.2) is 18.2 Å². The van der Waals surface area contributed by atoms with Gasteiger partial charge in [-0.1, -0.05) is 6.07 Å². The lowest BCUT2D eigenvalue weighted by Gasteiger charge is -2.19. The van der Waals surface area contributed by atoms with Crippen molar-refractivity contribution >= 4 is 11.8 Å². The van der Waals surface area contributed by atoms with E-state index < -0.39 is 0 Å². The molecule has 0 bridgehead atoms. The summed E-state index contributed by atoms with van der Waals surface area (Å²) in [6, 6.07) is 5.43. The van der Waals surface area contributed by atoms with Gasteiger partial charge in [-0.2, -0.15) is 0 Å². The van der Waals surface area contributed by atoms with Gasteiger partial charge in [-0.15, -0.1) is 0 Å². The van der Waals surface area contributed by atoms with E-state index in [-0.39, 0.29) is 31.5 Å². The number of hydrogen-bond acceptors (Lipinski definition) is 3. The van der Waals surface area contributed by atoms with Crippen LogP contribution in [0.1, 0.15) is 28.4 Å². The van der Waals surface area contributed by atoms with Crippen LogP contribution in [0.2, 0.25) is 0 Å². The van der Waals surface area contributed by atoms with E-state index >= 15 is 0 Å². The van der Waals surface area contributed by atoms with Crippen molar-refractivity contribution in [1.29, 1.82) is 0 Å². The topological polar surface area (TPSA) is 69.6 Å². The number of aryl methyl sites for hydroxylation is 2. The second-order valence-corrected chi connectivity index (χ2v) is 4.68. The highest BCUT2D eigenvalue weighted by Crippen LogP contribution is 2.09. The zero-order valence-electron chi connectivity index (χ0n) is 12.3. The van der Waals surface area contributed by atoms with Gasteiger partial charge in [-0.3, -0.25) is 9.59 Å². The number of nitrogens with one attached hydrogen (secondary N) is 1. The van der Waals surface area contributed by atoms with Crippen molar-refractivity contribution in [1.82, 2.24) is 10.2 Å².